The summed E-state index contributed by atoms with van der Waals surface area (Å²) in [7, 11) is 0. The minimum absolute atomic E-state index is 0.422. The van der Waals surface area contributed by atoms with Crippen LogP contribution in [-0.2, 0) is 6.54 Å². The van der Waals surface area contributed by atoms with Gasteiger partial charge in [-0.1, -0.05) is 55.9 Å². The fraction of sp³-hybridized carbons (Fsp3) is 0.318. The van der Waals surface area contributed by atoms with Gasteiger partial charge in [-0.3, -0.25) is 0 Å². The number of benzene rings is 2. The number of aryl methyl sites for hydroxylation is 2. The Morgan fingerprint density at radius 2 is 1.90 bits per heavy atom. The summed E-state index contributed by atoms with van der Waals surface area (Å²) in [6, 6.07) is 13.4. The molecule has 0 fully saturated rings. The Labute approximate surface area is 174 Å². The SMILES string of the molecule is Cc1cc2ccccc2cc1Sc1nc2c(N)ncnc2n1CCCNC(C)C. The van der Waals surface area contributed by atoms with Gasteiger partial charge in [0, 0.05) is 17.5 Å². The van der Waals surface area contributed by atoms with E-state index in [0.717, 1.165) is 30.3 Å². The van der Waals surface area contributed by atoms with E-state index in [1.807, 2.05) is 0 Å². The number of anilines is 1. The largest absolute Gasteiger partial charge is 0.382 e. The van der Waals surface area contributed by atoms with Crippen molar-refractivity contribution < 1.29 is 0 Å². The molecule has 0 radical (unpaired) electrons. The zero-order chi connectivity index (χ0) is 20.4. The summed E-state index contributed by atoms with van der Waals surface area (Å²) in [6.07, 6.45) is 2.50. The molecule has 7 heteroatoms. The summed E-state index contributed by atoms with van der Waals surface area (Å²) in [6.45, 7) is 8.22. The first-order valence-electron chi connectivity index (χ1n) is 9.90. The lowest BCUT2D eigenvalue weighted by Crippen LogP contribution is -2.24. The van der Waals surface area contributed by atoms with Gasteiger partial charge in [-0.05, 0) is 42.3 Å². The molecule has 29 heavy (non-hydrogen) atoms. The van der Waals surface area contributed by atoms with Gasteiger partial charge in [0.05, 0.1) is 0 Å². The van der Waals surface area contributed by atoms with Crippen LogP contribution in [0.3, 0.4) is 0 Å². The van der Waals surface area contributed by atoms with Crippen molar-refractivity contribution in [3.05, 3.63) is 48.3 Å². The fourth-order valence-electron chi connectivity index (χ4n) is 3.38. The molecule has 4 rings (SSSR count). The Bertz CT molecular complexity index is 1150. The van der Waals surface area contributed by atoms with E-state index >= 15 is 0 Å². The average molecular weight is 407 g/mol. The highest BCUT2D eigenvalue weighted by Crippen LogP contribution is 2.35. The van der Waals surface area contributed by atoms with Crippen LogP contribution in [-0.4, -0.2) is 32.1 Å². The van der Waals surface area contributed by atoms with Crippen LogP contribution >= 0.6 is 11.8 Å². The molecule has 0 aliphatic rings. The van der Waals surface area contributed by atoms with Crippen LogP contribution in [0.15, 0.2) is 52.8 Å². The molecule has 0 saturated heterocycles. The topological polar surface area (TPSA) is 81.7 Å². The summed E-state index contributed by atoms with van der Waals surface area (Å²) in [5, 5.41) is 6.84. The molecule has 0 aliphatic heterocycles. The second-order valence-electron chi connectivity index (χ2n) is 7.51. The maximum Gasteiger partial charge on any atom is 0.175 e. The number of nitrogen functional groups attached to an aromatic ring is 1. The molecule has 2 heterocycles. The van der Waals surface area contributed by atoms with Crippen molar-refractivity contribution in [2.45, 2.75) is 49.8 Å². The van der Waals surface area contributed by atoms with E-state index in [1.165, 1.54) is 27.6 Å². The summed E-state index contributed by atoms with van der Waals surface area (Å²) in [5.74, 6) is 0.422. The van der Waals surface area contributed by atoms with Gasteiger partial charge < -0.3 is 15.6 Å². The van der Waals surface area contributed by atoms with E-state index in [9.17, 15) is 0 Å². The number of hydrogen-bond acceptors (Lipinski definition) is 6. The molecule has 0 aliphatic carbocycles. The maximum atomic E-state index is 6.08. The molecular weight excluding hydrogens is 380 g/mol. The molecule has 0 spiro atoms. The van der Waals surface area contributed by atoms with Crippen molar-refractivity contribution in [1.82, 2.24) is 24.8 Å². The van der Waals surface area contributed by atoms with Crippen molar-refractivity contribution in [2.75, 3.05) is 12.3 Å². The Kier molecular flexibility index (Phi) is 5.69. The van der Waals surface area contributed by atoms with E-state index < -0.39 is 0 Å². The van der Waals surface area contributed by atoms with E-state index in [2.05, 4.69) is 77.0 Å². The highest BCUT2D eigenvalue weighted by molar-refractivity contribution is 7.99. The predicted octanol–water partition coefficient (Wildman–Crippen LogP) is 4.41. The van der Waals surface area contributed by atoms with Gasteiger partial charge in [0.15, 0.2) is 22.1 Å². The summed E-state index contributed by atoms with van der Waals surface area (Å²) >= 11 is 1.66. The highest BCUT2D eigenvalue weighted by atomic mass is 32.2. The number of nitrogens with one attached hydrogen (secondary N) is 1. The van der Waals surface area contributed by atoms with E-state index in [4.69, 9.17) is 10.7 Å². The van der Waals surface area contributed by atoms with Crippen molar-refractivity contribution in [2.24, 2.45) is 0 Å². The number of rotatable bonds is 7. The van der Waals surface area contributed by atoms with Crippen LogP contribution in [0.4, 0.5) is 5.82 Å². The molecule has 150 valence electrons. The molecule has 0 amide bonds. The first kappa shape index (κ1) is 19.7. The lowest BCUT2D eigenvalue weighted by molar-refractivity contribution is 0.525. The minimum Gasteiger partial charge on any atom is -0.382 e. The molecule has 6 nitrogen and oxygen atoms in total. The van der Waals surface area contributed by atoms with Crippen LogP contribution in [0.2, 0.25) is 0 Å². The van der Waals surface area contributed by atoms with Crippen molar-refractivity contribution >= 4 is 39.5 Å². The van der Waals surface area contributed by atoms with Crippen LogP contribution in [0.25, 0.3) is 21.9 Å². The van der Waals surface area contributed by atoms with Gasteiger partial charge in [-0.2, -0.15) is 0 Å². The molecule has 3 N–H and O–H groups in total. The summed E-state index contributed by atoms with van der Waals surface area (Å²) in [4.78, 5) is 14.6. The van der Waals surface area contributed by atoms with E-state index in [-0.39, 0.29) is 0 Å². The zero-order valence-corrected chi connectivity index (χ0v) is 17.8. The zero-order valence-electron chi connectivity index (χ0n) is 17.0. The van der Waals surface area contributed by atoms with Gasteiger partial charge >= 0.3 is 0 Å². The smallest absolute Gasteiger partial charge is 0.175 e. The van der Waals surface area contributed by atoms with Crippen LogP contribution in [0, 0.1) is 6.92 Å². The first-order valence-corrected chi connectivity index (χ1v) is 10.7. The van der Waals surface area contributed by atoms with Gasteiger partial charge in [0.2, 0.25) is 0 Å². The monoisotopic (exact) mass is 406 g/mol. The molecule has 2 aromatic heterocycles. The van der Waals surface area contributed by atoms with Crippen molar-refractivity contribution in [1.29, 1.82) is 0 Å². The second-order valence-corrected chi connectivity index (χ2v) is 8.52. The Morgan fingerprint density at radius 3 is 2.66 bits per heavy atom. The average Bonchev–Trinajstić information content (AvgIpc) is 3.04. The third kappa shape index (κ3) is 4.21. The molecule has 0 atom stereocenters. The minimum atomic E-state index is 0.422. The number of hydrogen-bond donors (Lipinski definition) is 2. The quantitative estimate of drug-likeness (QED) is 0.443. The highest BCUT2D eigenvalue weighted by Gasteiger charge is 2.17. The summed E-state index contributed by atoms with van der Waals surface area (Å²) in [5.41, 5.74) is 8.78. The molecule has 0 saturated carbocycles. The van der Waals surface area contributed by atoms with E-state index in [0.29, 0.717) is 17.4 Å². The lowest BCUT2D eigenvalue weighted by Gasteiger charge is -2.12. The molecule has 2 aromatic carbocycles. The van der Waals surface area contributed by atoms with Gasteiger partial charge in [-0.15, -0.1) is 0 Å². The van der Waals surface area contributed by atoms with Crippen molar-refractivity contribution in [3.8, 4) is 0 Å². The Morgan fingerprint density at radius 1 is 1.14 bits per heavy atom. The normalized spacial score (nSPS) is 11.7. The molecule has 0 unspecified atom stereocenters. The number of fused-ring (bicyclic) bond motifs is 2. The van der Waals surface area contributed by atoms with Gasteiger partial charge in [0.25, 0.3) is 0 Å². The molecule has 4 aromatic rings. The Balaban J connectivity index is 1.70. The number of imidazole rings is 1. The Hall–Kier alpha value is -2.64. The van der Waals surface area contributed by atoms with Crippen LogP contribution in [0.1, 0.15) is 25.8 Å². The number of nitrogens with zero attached hydrogens (tertiary/aromatic N) is 4. The fourth-order valence-corrected chi connectivity index (χ4v) is 4.41. The van der Waals surface area contributed by atoms with E-state index in [1.54, 1.807) is 11.8 Å². The number of nitrogens with two attached hydrogens (primary N) is 1. The molecule has 0 bridgehead atoms. The predicted molar refractivity (Wildman–Crippen MR) is 120 cm³/mol. The van der Waals surface area contributed by atoms with Gasteiger partial charge in [-0.25, -0.2) is 15.0 Å². The lowest BCUT2D eigenvalue weighted by atomic mass is 10.1. The summed E-state index contributed by atoms with van der Waals surface area (Å²) < 4.78 is 2.16. The maximum absolute atomic E-state index is 6.08. The third-order valence-corrected chi connectivity index (χ3v) is 6.03. The second kappa shape index (κ2) is 8.39. The third-order valence-electron chi connectivity index (χ3n) is 4.88. The van der Waals surface area contributed by atoms with Crippen LogP contribution < -0.4 is 11.1 Å². The standard InChI is InChI=1S/C22H26N6S/c1-14(2)24-9-6-10-28-21-19(20(23)25-13-26-21)27-22(28)29-18-12-17-8-5-4-7-16(17)11-15(18)3/h4-5,7-8,11-14,24H,6,9-10H2,1-3H3,(H2,23,25,26). The molecular formula is C22H26N6S. The van der Waals surface area contributed by atoms with Crippen molar-refractivity contribution in [3.63, 3.8) is 0 Å². The number of aromatic nitrogens is 4. The van der Waals surface area contributed by atoms with Crippen LogP contribution in [0.5, 0.6) is 0 Å². The van der Waals surface area contributed by atoms with Gasteiger partial charge in [0.1, 0.15) is 6.33 Å². The first-order chi connectivity index (χ1) is 14.0.